The quantitative estimate of drug-likeness (QED) is 0.804. The fourth-order valence-corrected chi connectivity index (χ4v) is 2.72. The maximum Gasteiger partial charge on any atom is 0.303 e. The van der Waals surface area contributed by atoms with E-state index >= 15 is 0 Å². The Morgan fingerprint density at radius 1 is 1.30 bits per heavy atom. The number of carboxylic acids is 1. The molecule has 0 aromatic heterocycles. The maximum atomic E-state index is 11.7. The summed E-state index contributed by atoms with van der Waals surface area (Å²) in [5.74, 6) is -1.10. The molecule has 1 atom stereocenters. The minimum atomic E-state index is -1.33. The Labute approximate surface area is 120 Å². The Morgan fingerprint density at radius 3 is 2.60 bits per heavy atom. The van der Waals surface area contributed by atoms with E-state index in [1.54, 1.807) is 0 Å². The van der Waals surface area contributed by atoms with Crippen LogP contribution >= 0.6 is 0 Å². The average Bonchev–Trinajstić information content (AvgIpc) is 2.32. The highest BCUT2D eigenvalue weighted by Crippen LogP contribution is 2.15. The van der Waals surface area contributed by atoms with Gasteiger partial charge in [-0.15, -0.1) is 0 Å². The molecule has 5 nitrogen and oxygen atoms in total. The SMILES string of the molecule is Cc1ccc(NC(=O)CS(=O)CCCC(=O)O)c(C)c1. The molecular weight excluding hydrogens is 278 g/mol. The predicted octanol–water partition coefficient (Wildman–Crippen LogP) is 1.86. The molecule has 1 unspecified atom stereocenters. The van der Waals surface area contributed by atoms with Gasteiger partial charge >= 0.3 is 5.97 Å². The van der Waals surface area contributed by atoms with E-state index in [4.69, 9.17) is 5.11 Å². The molecule has 0 heterocycles. The molecule has 0 aliphatic rings. The molecule has 2 N–H and O–H groups in total. The van der Waals surface area contributed by atoms with E-state index in [0.29, 0.717) is 12.1 Å². The van der Waals surface area contributed by atoms with Crippen LogP contribution in [0.5, 0.6) is 0 Å². The third-order valence-electron chi connectivity index (χ3n) is 2.71. The van der Waals surface area contributed by atoms with Crippen molar-refractivity contribution < 1.29 is 18.9 Å². The van der Waals surface area contributed by atoms with Crippen molar-refractivity contribution in [2.24, 2.45) is 0 Å². The minimum absolute atomic E-state index is 0.0234. The Balaban J connectivity index is 2.43. The van der Waals surface area contributed by atoms with Crippen LogP contribution in [0.2, 0.25) is 0 Å². The Hall–Kier alpha value is -1.69. The van der Waals surface area contributed by atoms with Crippen LogP contribution in [-0.4, -0.2) is 32.7 Å². The van der Waals surface area contributed by atoms with Gasteiger partial charge in [0.05, 0.1) is 0 Å². The lowest BCUT2D eigenvalue weighted by Gasteiger charge is -2.09. The zero-order valence-electron chi connectivity index (χ0n) is 11.6. The molecule has 20 heavy (non-hydrogen) atoms. The summed E-state index contributed by atoms with van der Waals surface area (Å²) in [6, 6.07) is 5.67. The van der Waals surface area contributed by atoms with Crippen molar-refractivity contribution in [3.05, 3.63) is 29.3 Å². The average molecular weight is 297 g/mol. The number of nitrogens with one attached hydrogen (secondary N) is 1. The van der Waals surface area contributed by atoms with Gasteiger partial charge in [-0.05, 0) is 31.9 Å². The van der Waals surface area contributed by atoms with Crippen LogP contribution in [0.3, 0.4) is 0 Å². The Kier molecular flexibility index (Phi) is 6.38. The number of carbonyl (C=O) groups is 2. The van der Waals surface area contributed by atoms with Gasteiger partial charge in [-0.25, -0.2) is 0 Å². The fraction of sp³-hybridized carbons (Fsp3) is 0.429. The van der Waals surface area contributed by atoms with Crippen LogP contribution in [0, 0.1) is 13.8 Å². The first kappa shape index (κ1) is 16.4. The lowest BCUT2D eigenvalue weighted by molar-refractivity contribution is -0.137. The largest absolute Gasteiger partial charge is 0.481 e. The Morgan fingerprint density at radius 2 is 2.00 bits per heavy atom. The molecular formula is C14H19NO4S. The molecule has 1 aromatic rings. The van der Waals surface area contributed by atoms with Crippen LogP contribution in [-0.2, 0) is 20.4 Å². The standard InChI is InChI=1S/C14H19NO4S/c1-10-5-6-12(11(2)8-10)15-13(16)9-20(19)7-3-4-14(17)18/h5-6,8H,3-4,7,9H2,1-2H3,(H,15,16)(H,17,18). The van der Waals surface area contributed by atoms with Gasteiger partial charge in [0.2, 0.25) is 5.91 Å². The molecule has 110 valence electrons. The molecule has 1 aromatic carbocycles. The molecule has 1 amide bonds. The molecule has 0 fully saturated rings. The third-order valence-corrected chi connectivity index (χ3v) is 4.04. The topological polar surface area (TPSA) is 83.5 Å². The summed E-state index contributed by atoms with van der Waals surface area (Å²) >= 11 is 0. The maximum absolute atomic E-state index is 11.7. The predicted molar refractivity (Wildman–Crippen MR) is 79.3 cm³/mol. The van der Waals surface area contributed by atoms with E-state index in [2.05, 4.69) is 5.32 Å². The molecule has 0 aliphatic carbocycles. The molecule has 0 aliphatic heterocycles. The first-order valence-corrected chi connectivity index (χ1v) is 7.81. The zero-order valence-corrected chi connectivity index (χ0v) is 12.5. The minimum Gasteiger partial charge on any atom is -0.481 e. The van der Waals surface area contributed by atoms with Crippen molar-refractivity contribution in [2.75, 3.05) is 16.8 Å². The summed E-state index contributed by atoms with van der Waals surface area (Å²) in [4.78, 5) is 22.1. The summed E-state index contributed by atoms with van der Waals surface area (Å²) in [5.41, 5.74) is 2.77. The van der Waals surface area contributed by atoms with Gasteiger partial charge in [-0.1, -0.05) is 17.7 Å². The van der Waals surface area contributed by atoms with E-state index in [-0.39, 0.29) is 23.8 Å². The van der Waals surface area contributed by atoms with Gasteiger partial charge in [0, 0.05) is 28.7 Å². The van der Waals surface area contributed by atoms with Crippen molar-refractivity contribution in [2.45, 2.75) is 26.7 Å². The van der Waals surface area contributed by atoms with Crippen molar-refractivity contribution in [1.29, 1.82) is 0 Å². The van der Waals surface area contributed by atoms with Crippen LogP contribution in [0.1, 0.15) is 24.0 Å². The third kappa shape index (κ3) is 5.97. The summed E-state index contributed by atoms with van der Waals surface area (Å²) in [5, 5.41) is 11.2. The fourth-order valence-electron chi connectivity index (χ4n) is 1.74. The molecule has 0 spiro atoms. The van der Waals surface area contributed by atoms with E-state index in [1.807, 2.05) is 32.0 Å². The molecule has 6 heteroatoms. The van der Waals surface area contributed by atoms with Gasteiger partial charge in [0.1, 0.15) is 5.75 Å². The van der Waals surface area contributed by atoms with Gasteiger partial charge in [-0.2, -0.15) is 0 Å². The van der Waals surface area contributed by atoms with E-state index in [0.717, 1.165) is 11.1 Å². The van der Waals surface area contributed by atoms with Crippen LogP contribution in [0.4, 0.5) is 5.69 Å². The number of hydrogen-bond donors (Lipinski definition) is 2. The number of carbonyl (C=O) groups excluding carboxylic acids is 1. The zero-order chi connectivity index (χ0) is 15.1. The Bertz CT molecular complexity index is 528. The molecule has 0 radical (unpaired) electrons. The molecule has 0 saturated heterocycles. The number of aryl methyl sites for hydroxylation is 2. The number of anilines is 1. The van der Waals surface area contributed by atoms with Crippen LogP contribution in [0.25, 0.3) is 0 Å². The van der Waals surface area contributed by atoms with Gasteiger partial charge in [0.15, 0.2) is 0 Å². The van der Waals surface area contributed by atoms with Crippen LogP contribution in [0.15, 0.2) is 18.2 Å². The molecule has 0 saturated carbocycles. The van der Waals surface area contributed by atoms with Crippen molar-refractivity contribution in [1.82, 2.24) is 0 Å². The van der Waals surface area contributed by atoms with Gasteiger partial charge in [0.25, 0.3) is 0 Å². The van der Waals surface area contributed by atoms with Crippen LogP contribution < -0.4 is 5.32 Å². The number of rotatable bonds is 7. The van der Waals surface area contributed by atoms with Crippen molar-refractivity contribution >= 4 is 28.4 Å². The van der Waals surface area contributed by atoms with Crippen molar-refractivity contribution in [3.63, 3.8) is 0 Å². The highest BCUT2D eigenvalue weighted by Gasteiger charge is 2.10. The highest BCUT2D eigenvalue weighted by atomic mass is 32.2. The number of amides is 1. The summed E-state index contributed by atoms with van der Waals surface area (Å²) < 4.78 is 11.6. The van der Waals surface area contributed by atoms with Crippen molar-refractivity contribution in [3.8, 4) is 0 Å². The summed E-state index contributed by atoms with van der Waals surface area (Å²) in [7, 11) is -1.33. The molecule has 1 rings (SSSR count). The molecule has 0 bridgehead atoms. The first-order chi connectivity index (χ1) is 9.38. The smallest absolute Gasteiger partial charge is 0.303 e. The second-order valence-electron chi connectivity index (χ2n) is 4.65. The second-order valence-corrected chi connectivity index (χ2v) is 6.23. The van der Waals surface area contributed by atoms with E-state index in [1.165, 1.54) is 0 Å². The normalized spacial score (nSPS) is 11.9. The van der Waals surface area contributed by atoms with Gasteiger partial charge in [-0.3, -0.25) is 13.8 Å². The van der Waals surface area contributed by atoms with E-state index < -0.39 is 16.8 Å². The first-order valence-electron chi connectivity index (χ1n) is 6.32. The summed E-state index contributed by atoms with van der Waals surface area (Å²) in [6.45, 7) is 3.86. The number of aliphatic carboxylic acids is 1. The van der Waals surface area contributed by atoms with E-state index in [9.17, 15) is 13.8 Å². The monoisotopic (exact) mass is 297 g/mol. The lowest BCUT2D eigenvalue weighted by atomic mass is 10.1. The van der Waals surface area contributed by atoms with Gasteiger partial charge < -0.3 is 10.4 Å². The highest BCUT2D eigenvalue weighted by molar-refractivity contribution is 7.85. The number of benzene rings is 1. The number of carboxylic acid groups (broad SMARTS) is 1. The number of hydrogen-bond acceptors (Lipinski definition) is 3. The lowest BCUT2D eigenvalue weighted by Crippen LogP contribution is -2.21. The summed E-state index contributed by atoms with van der Waals surface area (Å²) in [6.07, 6.45) is 0.295. The second kappa shape index (κ2) is 7.79.